The van der Waals surface area contributed by atoms with E-state index in [0.717, 1.165) is 36.2 Å². The van der Waals surface area contributed by atoms with Crippen LogP contribution < -0.4 is 4.90 Å². The Kier molecular flexibility index (Phi) is 2.59. The fourth-order valence-electron chi connectivity index (χ4n) is 2.79. The highest BCUT2D eigenvalue weighted by molar-refractivity contribution is 5.89. The van der Waals surface area contributed by atoms with Crippen molar-refractivity contribution in [3.63, 3.8) is 0 Å². The molecule has 0 fully saturated rings. The van der Waals surface area contributed by atoms with Crippen molar-refractivity contribution in [3.8, 4) is 0 Å². The van der Waals surface area contributed by atoms with Crippen LogP contribution >= 0.6 is 0 Å². The van der Waals surface area contributed by atoms with Crippen molar-refractivity contribution in [2.24, 2.45) is 0 Å². The molecule has 0 atom stereocenters. The van der Waals surface area contributed by atoms with E-state index >= 15 is 0 Å². The van der Waals surface area contributed by atoms with Crippen molar-refractivity contribution in [2.45, 2.75) is 13.0 Å². The average molecular weight is 262 g/mol. The van der Waals surface area contributed by atoms with Crippen LogP contribution in [-0.4, -0.2) is 21.5 Å². The van der Waals surface area contributed by atoms with Crippen molar-refractivity contribution in [1.29, 1.82) is 0 Å². The molecule has 4 rings (SSSR count). The van der Waals surface area contributed by atoms with Crippen molar-refractivity contribution in [2.75, 3.05) is 11.4 Å². The lowest BCUT2D eigenvalue weighted by Crippen LogP contribution is -2.31. The highest BCUT2D eigenvalue weighted by atomic mass is 15.2. The number of fused-ring (bicyclic) bond motifs is 2. The average Bonchev–Trinajstić information content (AvgIpc) is 2.54. The minimum Gasteiger partial charge on any atom is -0.351 e. The summed E-state index contributed by atoms with van der Waals surface area (Å²) in [5.74, 6) is 1.02. The van der Waals surface area contributed by atoms with Gasteiger partial charge < -0.3 is 4.90 Å². The van der Waals surface area contributed by atoms with Gasteiger partial charge in [0.05, 0.1) is 5.52 Å². The second-order valence-corrected chi connectivity index (χ2v) is 5.00. The third-order valence-corrected chi connectivity index (χ3v) is 3.79. The first-order valence-corrected chi connectivity index (χ1v) is 6.79. The van der Waals surface area contributed by atoms with Crippen LogP contribution in [0.1, 0.15) is 11.3 Å². The Morgan fingerprint density at radius 1 is 0.950 bits per heavy atom. The fourth-order valence-corrected chi connectivity index (χ4v) is 2.79. The maximum absolute atomic E-state index is 4.50. The first-order chi connectivity index (χ1) is 9.92. The summed E-state index contributed by atoms with van der Waals surface area (Å²) in [7, 11) is 0. The van der Waals surface area contributed by atoms with Gasteiger partial charge in [-0.25, -0.2) is 9.97 Å². The number of anilines is 1. The first-order valence-electron chi connectivity index (χ1n) is 6.79. The monoisotopic (exact) mass is 262 g/mol. The molecule has 3 heterocycles. The van der Waals surface area contributed by atoms with E-state index < -0.39 is 0 Å². The van der Waals surface area contributed by atoms with E-state index in [-0.39, 0.29) is 0 Å². The quantitative estimate of drug-likeness (QED) is 0.676. The van der Waals surface area contributed by atoms with E-state index in [0.29, 0.717) is 0 Å². The van der Waals surface area contributed by atoms with Crippen molar-refractivity contribution >= 4 is 16.7 Å². The fraction of sp³-hybridized carbons (Fsp3) is 0.188. The standard InChI is InChI=1S/C16H14N4/c1-2-6-15-13(5-1)16(19-11-18-15)20-9-7-14-12(10-20)4-3-8-17-14/h1-6,8,11H,7,9-10H2. The van der Waals surface area contributed by atoms with Crippen LogP contribution in [-0.2, 0) is 13.0 Å². The Morgan fingerprint density at radius 3 is 2.90 bits per heavy atom. The third kappa shape index (κ3) is 1.81. The molecule has 4 nitrogen and oxygen atoms in total. The van der Waals surface area contributed by atoms with E-state index in [4.69, 9.17) is 0 Å². The van der Waals surface area contributed by atoms with Gasteiger partial charge >= 0.3 is 0 Å². The highest BCUT2D eigenvalue weighted by Crippen LogP contribution is 2.27. The molecule has 0 amide bonds. The SMILES string of the molecule is c1cnc2c(c1)CN(c1ncnc3ccccc13)CC2. The minimum atomic E-state index is 0.865. The van der Waals surface area contributed by atoms with Crippen LogP contribution in [0.2, 0.25) is 0 Å². The molecule has 0 spiro atoms. The van der Waals surface area contributed by atoms with Crippen LogP contribution in [0.25, 0.3) is 10.9 Å². The molecule has 2 aromatic heterocycles. The lowest BCUT2D eigenvalue weighted by molar-refractivity contribution is 0.705. The van der Waals surface area contributed by atoms with Gasteiger partial charge in [0.25, 0.3) is 0 Å². The molecular formula is C16H14N4. The molecule has 1 aliphatic rings. The van der Waals surface area contributed by atoms with Gasteiger partial charge in [0.1, 0.15) is 12.1 Å². The van der Waals surface area contributed by atoms with Crippen molar-refractivity contribution < 1.29 is 0 Å². The minimum absolute atomic E-state index is 0.865. The van der Waals surface area contributed by atoms with Crippen LogP contribution in [0.15, 0.2) is 48.9 Å². The molecule has 20 heavy (non-hydrogen) atoms. The Balaban J connectivity index is 1.78. The second-order valence-electron chi connectivity index (χ2n) is 5.00. The molecule has 0 N–H and O–H groups in total. The summed E-state index contributed by atoms with van der Waals surface area (Å²) in [5.41, 5.74) is 3.50. The zero-order chi connectivity index (χ0) is 13.4. The molecule has 0 aliphatic carbocycles. The molecule has 0 radical (unpaired) electrons. The van der Waals surface area contributed by atoms with Gasteiger partial charge in [0.15, 0.2) is 0 Å². The lowest BCUT2D eigenvalue weighted by Gasteiger charge is -2.29. The lowest BCUT2D eigenvalue weighted by atomic mass is 10.1. The molecule has 0 bridgehead atoms. The summed E-state index contributed by atoms with van der Waals surface area (Å²) in [4.78, 5) is 15.6. The van der Waals surface area contributed by atoms with Crippen molar-refractivity contribution in [1.82, 2.24) is 15.0 Å². The summed E-state index contributed by atoms with van der Waals surface area (Å²) >= 11 is 0. The number of para-hydroxylation sites is 1. The van der Waals surface area contributed by atoms with Crippen LogP contribution in [0.3, 0.4) is 0 Å². The molecule has 98 valence electrons. The van der Waals surface area contributed by atoms with E-state index in [2.05, 4.69) is 32.0 Å². The van der Waals surface area contributed by atoms with Crippen LogP contribution in [0.5, 0.6) is 0 Å². The third-order valence-electron chi connectivity index (χ3n) is 3.79. The Hall–Kier alpha value is -2.49. The predicted molar refractivity (Wildman–Crippen MR) is 78.5 cm³/mol. The summed E-state index contributed by atoms with van der Waals surface area (Å²) < 4.78 is 0. The Bertz CT molecular complexity index is 764. The van der Waals surface area contributed by atoms with E-state index in [9.17, 15) is 0 Å². The number of nitrogens with zero attached hydrogens (tertiary/aromatic N) is 4. The molecular weight excluding hydrogens is 248 g/mol. The number of hydrogen-bond acceptors (Lipinski definition) is 4. The zero-order valence-corrected chi connectivity index (χ0v) is 11.0. The molecule has 4 heteroatoms. The largest absolute Gasteiger partial charge is 0.351 e. The number of aromatic nitrogens is 3. The zero-order valence-electron chi connectivity index (χ0n) is 11.0. The van der Waals surface area contributed by atoms with Gasteiger partial charge in [-0.05, 0) is 23.8 Å². The molecule has 0 saturated carbocycles. The molecule has 0 unspecified atom stereocenters. The van der Waals surface area contributed by atoms with Gasteiger partial charge in [-0.3, -0.25) is 4.98 Å². The van der Waals surface area contributed by atoms with Crippen LogP contribution in [0.4, 0.5) is 5.82 Å². The normalized spacial score (nSPS) is 14.3. The van der Waals surface area contributed by atoms with E-state index in [1.807, 2.05) is 30.5 Å². The highest BCUT2D eigenvalue weighted by Gasteiger charge is 2.19. The topological polar surface area (TPSA) is 41.9 Å². The van der Waals surface area contributed by atoms with Gasteiger partial charge in [-0.15, -0.1) is 0 Å². The van der Waals surface area contributed by atoms with Gasteiger partial charge in [0.2, 0.25) is 0 Å². The molecule has 1 aromatic carbocycles. The van der Waals surface area contributed by atoms with Crippen LogP contribution in [0, 0.1) is 0 Å². The maximum atomic E-state index is 4.50. The molecule has 0 saturated heterocycles. The Morgan fingerprint density at radius 2 is 1.90 bits per heavy atom. The van der Waals surface area contributed by atoms with Gasteiger partial charge in [-0.2, -0.15) is 0 Å². The number of hydrogen-bond donors (Lipinski definition) is 0. The second kappa shape index (κ2) is 4.56. The summed E-state index contributed by atoms with van der Waals surface area (Å²) in [6.07, 6.45) is 4.49. The number of rotatable bonds is 1. The predicted octanol–water partition coefficient (Wildman–Crippen LogP) is 2.59. The van der Waals surface area contributed by atoms with Gasteiger partial charge in [0, 0.05) is 36.8 Å². The first kappa shape index (κ1) is 11.3. The van der Waals surface area contributed by atoms with E-state index in [1.54, 1.807) is 6.33 Å². The summed E-state index contributed by atoms with van der Waals surface area (Å²) in [5, 5.41) is 1.11. The molecule has 3 aromatic rings. The molecule has 1 aliphatic heterocycles. The summed E-state index contributed by atoms with van der Waals surface area (Å²) in [6, 6.07) is 12.3. The number of pyridine rings is 1. The van der Waals surface area contributed by atoms with Crippen molar-refractivity contribution in [3.05, 3.63) is 60.2 Å². The Labute approximate surface area is 117 Å². The number of benzene rings is 1. The smallest absolute Gasteiger partial charge is 0.140 e. The maximum Gasteiger partial charge on any atom is 0.140 e. The van der Waals surface area contributed by atoms with E-state index in [1.165, 1.54) is 11.3 Å². The van der Waals surface area contributed by atoms with Gasteiger partial charge in [-0.1, -0.05) is 18.2 Å². The summed E-state index contributed by atoms with van der Waals surface area (Å²) in [6.45, 7) is 1.81.